The molecule has 0 amide bonds. The number of esters is 1. The Morgan fingerprint density at radius 1 is 1.44 bits per heavy atom. The molecular formula is C12H10ClLiO4. The SMILES string of the molecule is CCOC(=O)C(=O)/C=C(/[O-])c1cccc(Cl)c1.[Li+]. The summed E-state index contributed by atoms with van der Waals surface area (Å²) < 4.78 is 4.47. The van der Waals surface area contributed by atoms with Crippen molar-refractivity contribution in [2.75, 3.05) is 6.61 Å². The zero-order chi connectivity index (χ0) is 12.8. The van der Waals surface area contributed by atoms with Gasteiger partial charge in [0.1, 0.15) is 0 Å². The normalized spacial score (nSPS) is 10.4. The standard InChI is InChI=1S/C12H11ClO4.Li/c1-2-17-12(16)11(15)7-10(14)8-4-3-5-9(13)6-8;/h3-7,14H,2H2,1H3;/q;+1/p-1/b10-7+;. The van der Waals surface area contributed by atoms with Crippen LogP contribution >= 0.6 is 11.6 Å². The maximum atomic E-state index is 11.6. The monoisotopic (exact) mass is 260 g/mol. The van der Waals surface area contributed by atoms with Crippen LogP contribution in [0.1, 0.15) is 12.5 Å². The van der Waals surface area contributed by atoms with Gasteiger partial charge in [0.15, 0.2) is 0 Å². The van der Waals surface area contributed by atoms with Crippen molar-refractivity contribution in [3.63, 3.8) is 0 Å². The largest absolute Gasteiger partial charge is 1.00 e. The van der Waals surface area contributed by atoms with E-state index in [2.05, 4.69) is 4.74 Å². The van der Waals surface area contributed by atoms with Gasteiger partial charge in [-0.1, -0.05) is 29.5 Å². The van der Waals surface area contributed by atoms with Gasteiger partial charge in [0.05, 0.1) is 6.61 Å². The van der Waals surface area contributed by atoms with E-state index in [1.165, 1.54) is 12.1 Å². The summed E-state index contributed by atoms with van der Waals surface area (Å²) in [6, 6.07) is 6.10. The quantitative estimate of drug-likeness (QED) is 0.210. The summed E-state index contributed by atoms with van der Waals surface area (Å²) >= 11 is 5.70. The van der Waals surface area contributed by atoms with E-state index >= 15 is 0 Å². The predicted octanol–water partition coefficient (Wildman–Crippen LogP) is -1.82. The number of ether oxygens (including phenoxy) is 1. The number of carbonyl (C=O) groups is 2. The minimum atomic E-state index is -1.04. The van der Waals surface area contributed by atoms with Crippen LogP contribution in [0.25, 0.3) is 5.76 Å². The van der Waals surface area contributed by atoms with Gasteiger partial charge in [0.2, 0.25) is 0 Å². The molecule has 4 nitrogen and oxygen atoms in total. The van der Waals surface area contributed by atoms with Crippen molar-refractivity contribution in [1.82, 2.24) is 0 Å². The van der Waals surface area contributed by atoms with E-state index in [0.29, 0.717) is 11.1 Å². The Kier molecular flexibility index (Phi) is 7.45. The van der Waals surface area contributed by atoms with Crippen LogP contribution in [-0.2, 0) is 14.3 Å². The van der Waals surface area contributed by atoms with Gasteiger partial charge in [-0.3, -0.25) is 4.79 Å². The minimum absolute atomic E-state index is 0. The van der Waals surface area contributed by atoms with Crippen molar-refractivity contribution in [3.05, 3.63) is 40.9 Å². The molecule has 0 aliphatic heterocycles. The molecule has 0 heterocycles. The Morgan fingerprint density at radius 3 is 2.67 bits per heavy atom. The third-order valence-corrected chi connectivity index (χ3v) is 2.08. The van der Waals surface area contributed by atoms with E-state index in [9.17, 15) is 14.7 Å². The van der Waals surface area contributed by atoms with Crippen molar-refractivity contribution in [1.29, 1.82) is 0 Å². The predicted molar refractivity (Wildman–Crippen MR) is 61.1 cm³/mol. The Hall–Kier alpha value is -1.21. The van der Waals surface area contributed by atoms with Crippen molar-refractivity contribution in [3.8, 4) is 0 Å². The van der Waals surface area contributed by atoms with Gasteiger partial charge in [0.25, 0.3) is 5.78 Å². The van der Waals surface area contributed by atoms with E-state index < -0.39 is 17.5 Å². The Balaban J connectivity index is 0.00000289. The maximum Gasteiger partial charge on any atom is 1.00 e. The first-order valence-electron chi connectivity index (χ1n) is 4.90. The number of ketones is 1. The molecule has 6 heteroatoms. The number of hydrogen-bond donors (Lipinski definition) is 0. The van der Waals surface area contributed by atoms with Crippen LogP contribution in [0.3, 0.4) is 0 Å². The van der Waals surface area contributed by atoms with E-state index in [1.807, 2.05) is 0 Å². The summed E-state index contributed by atoms with van der Waals surface area (Å²) in [6.45, 7) is 1.66. The minimum Gasteiger partial charge on any atom is -0.872 e. The number of benzene rings is 1. The Morgan fingerprint density at radius 2 is 2.11 bits per heavy atom. The molecule has 18 heavy (non-hydrogen) atoms. The van der Waals surface area contributed by atoms with Crippen molar-refractivity contribution >= 4 is 29.1 Å². The molecular weight excluding hydrogens is 251 g/mol. The van der Waals surface area contributed by atoms with Crippen LogP contribution in [0.2, 0.25) is 5.02 Å². The first kappa shape index (κ1) is 16.8. The van der Waals surface area contributed by atoms with Gasteiger partial charge in [-0.2, -0.15) is 0 Å². The second-order valence-electron chi connectivity index (χ2n) is 3.10. The molecule has 0 bridgehead atoms. The summed E-state index contributed by atoms with van der Waals surface area (Å²) in [5.74, 6) is -2.59. The number of carbonyl (C=O) groups excluding carboxylic acids is 2. The molecule has 0 unspecified atom stereocenters. The summed E-state index contributed by atoms with van der Waals surface area (Å²) in [5, 5.41) is 12.0. The number of rotatable bonds is 4. The van der Waals surface area contributed by atoms with E-state index in [1.54, 1.807) is 19.1 Å². The smallest absolute Gasteiger partial charge is 0.872 e. The number of halogens is 1. The summed E-state index contributed by atoms with van der Waals surface area (Å²) in [7, 11) is 0. The molecule has 1 aromatic rings. The second-order valence-corrected chi connectivity index (χ2v) is 3.54. The maximum absolute atomic E-state index is 11.6. The first-order chi connectivity index (χ1) is 8.04. The van der Waals surface area contributed by atoms with Gasteiger partial charge < -0.3 is 9.84 Å². The topological polar surface area (TPSA) is 66.4 Å². The van der Waals surface area contributed by atoms with Crippen LogP contribution in [0.15, 0.2) is 30.3 Å². The van der Waals surface area contributed by atoms with Gasteiger partial charge in [-0.15, -0.1) is 0 Å². The fourth-order valence-electron chi connectivity index (χ4n) is 1.11. The summed E-state index contributed by atoms with van der Waals surface area (Å²) in [4.78, 5) is 22.2. The Labute approximate surface area is 122 Å². The van der Waals surface area contributed by atoms with Crippen LogP contribution in [0, 0.1) is 0 Å². The van der Waals surface area contributed by atoms with Gasteiger partial charge >= 0.3 is 24.8 Å². The summed E-state index contributed by atoms with van der Waals surface area (Å²) in [6.07, 6.45) is 0.698. The van der Waals surface area contributed by atoms with E-state index in [0.717, 1.165) is 0 Å². The molecule has 0 saturated carbocycles. The second kappa shape index (κ2) is 7.99. The van der Waals surface area contributed by atoms with Crippen LogP contribution in [0.5, 0.6) is 0 Å². The average Bonchev–Trinajstić information content (AvgIpc) is 2.29. The fraction of sp³-hybridized carbons (Fsp3) is 0.167. The van der Waals surface area contributed by atoms with Crippen molar-refractivity contribution in [2.45, 2.75) is 6.92 Å². The van der Waals surface area contributed by atoms with Crippen molar-refractivity contribution in [2.24, 2.45) is 0 Å². The molecule has 0 aliphatic rings. The number of hydrogen-bond acceptors (Lipinski definition) is 4. The van der Waals surface area contributed by atoms with Gasteiger partial charge in [-0.25, -0.2) is 4.79 Å². The molecule has 1 aromatic carbocycles. The average molecular weight is 261 g/mol. The molecule has 0 radical (unpaired) electrons. The zero-order valence-electron chi connectivity index (χ0n) is 10.1. The fourth-order valence-corrected chi connectivity index (χ4v) is 1.30. The van der Waals surface area contributed by atoms with Gasteiger partial charge in [0, 0.05) is 5.02 Å². The zero-order valence-corrected chi connectivity index (χ0v) is 10.9. The molecule has 0 aromatic heterocycles. The Bertz CT molecular complexity index is 471. The van der Waals surface area contributed by atoms with Crippen molar-refractivity contribution < 1.29 is 38.3 Å². The van der Waals surface area contributed by atoms with Crippen LogP contribution in [0.4, 0.5) is 0 Å². The van der Waals surface area contributed by atoms with Crippen LogP contribution < -0.4 is 24.0 Å². The molecule has 0 aliphatic carbocycles. The van der Waals surface area contributed by atoms with Gasteiger partial charge in [-0.05, 0) is 30.7 Å². The molecule has 0 fully saturated rings. The molecule has 0 spiro atoms. The molecule has 1 rings (SSSR count). The first-order valence-corrected chi connectivity index (χ1v) is 5.28. The van der Waals surface area contributed by atoms with E-state index in [4.69, 9.17) is 11.6 Å². The molecule has 0 atom stereocenters. The molecule has 0 N–H and O–H groups in total. The third-order valence-electron chi connectivity index (χ3n) is 1.85. The third kappa shape index (κ3) is 4.97. The molecule has 0 saturated heterocycles. The van der Waals surface area contributed by atoms with Crippen LogP contribution in [-0.4, -0.2) is 18.4 Å². The van der Waals surface area contributed by atoms with E-state index in [-0.39, 0.29) is 31.0 Å². The summed E-state index contributed by atoms with van der Waals surface area (Å²) in [5.41, 5.74) is 0.246. The molecule has 90 valence electrons.